The molecule has 0 radical (unpaired) electrons. The van der Waals surface area contributed by atoms with Gasteiger partial charge in [0.1, 0.15) is 6.04 Å². The molecule has 1 aromatic heterocycles. The first-order valence-corrected chi connectivity index (χ1v) is 14.8. The van der Waals surface area contributed by atoms with Crippen LogP contribution in [0.15, 0.2) is 40.0 Å². The molecule has 11 nitrogen and oxygen atoms in total. The second-order valence-electron chi connectivity index (χ2n) is 8.83. The third kappa shape index (κ3) is 6.27. The molecule has 0 saturated heterocycles. The summed E-state index contributed by atoms with van der Waals surface area (Å²) in [6.07, 6.45) is 1.67. The van der Waals surface area contributed by atoms with Gasteiger partial charge in [0.15, 0.2) is 29.2 Å². The number of methoxy groups -OCH3 is 2. The molecule has 0 amide bonds. The molecule has 40 heavy (non-hydrogen) atoms. The Hall–Kier alpha value is -3.14. The maximum atomic E-state index is 14.5. The van der Waals surface area contributed by atoms with Crippen LogP contribution in [0.2, 0.25) is 5.02 Å². The highest BCUT2D eigenvalue weighted by Gasteiger charge is 2.40. The van der Waals surface area contributed by atoms with Gasteiger partial charge in [0.05, 0.1) is 30.1 Å². The van der Waals surface area contributed by atoms with E-state index in [0.29, 0.717) is 29.4 Å². The van der Waals surface area contributed by atoms with Gasteiger partial charge in [-0.3, -0.25) is 4.99 Å². The molecule has 1 aliphatic carbocycles. The van der Waals surface area contributed by atoms with Crippen molar-refractivity contribution in [2.75, 3.05) is 21.0 Å². The number of thiazole rings is 1. The van der Waals surface area contributed by atoms with E-state index in [1.165, 1.54) is 24.5 Å². The van der Waals surface area contributed by atoms with Crippen molar-refractivity contribution in [1.29, 1.82) is 0 Å². The minimum absolute atomic E-state index is 0.0478. The van der Waals surface area contributed by atoms with Crippen LogP contribution in [0, 0.1) is 17.6 Å². The minimum atomic E-state index is -3.83. The molecule has 1 unspecified atom stereocenters. The summed E-state index contributed by atoms with van der Waals surface area (Å²) in [5.74, 6) is -3.24. The topological polar surface area (TPSA) is 145 Å². The molecule has 2 N–H and O–H groups in total. The predicted molar refractivity (Wildman–Crippen MR) is 141 cm³/mol. The van der Waals surface area contributed by atoms with Crippen LogP contribution in [0.5, 0.6) is 0 Å². The van der Waals surface area contributed by atoms with E-state index >= 15 is 0 Å². The van der Waals surface area contributed by atoms with Crippen molar-refractivity contribution in [2.24, 2.45) is 10.9 Å². The number of benzene rings is 1. The van der Waals surface area contributed by atoms with Crippen LogP contribution in [0.1, 0.15) is 42.3 Å². The van der Waals surface area contributed by atoms with Gasteiger partial charge in [0, 0.05) is 22.8 Å². The molecule has 0 spiro atoms. The Morgan fingerprint density at radius 2 is 1.90 bits per heavy atom. The van der Waals surface area contributed by atoms with Crippen molar-refractivity contribution in [3.8, 4) is 0 Å². The number of aliphatic imine (C=N–C) groups is 1. The van der Waals surface area contributed by atoms with Crippen LogP contribution in [-0.4, -0.2) is 57.6 Å². The summed E-state index contributed by atoms with van der Waals surface area (Å²) in [5, 5.41) is 4.08. The highest BCUT2D eigenvalue weighted by Crippen LogP contribution is 2.42. The Morgan fingerprint density at radius 1 is 1.18 bits per heavy atom. The Kier molecular flexibility index (Phi) is 9.38. The molecular weight excluding hydrogens is 594 g/mol. The van der Waals surface area contributed by atoms with Gasteiger partial charge >= 0.3 is 12.1 Å². The number of hydrogen-bond donors (Lipinski definition) is 2. The highest BCUT2D eigenvalue weighted by atomic mass is 35.5. The van der Waals surface area contributed by atoms with Crippen molar-refractivity contribution in [1.82, 2.24) is 15.0 Å². The summed E-state index contributed by atoms with van der Waals surface area (Å²) in [6, 6.07) is 1.01. The van der Waals surface area contributed by atoms with E-state index in [2.05, 4.69) is 29.5 Å². The third-order valence-corrected chi connectivity index (χ3v) is 9.65. The average Bonchev–Trinajstić information content (AvgIpc) is 3.50. The first-order chi connectivity index (χ1) is 19.1. The first-order valence-electron chi connectivity index (χ1n) is 12.0. The Labute approximate surface area is 237 Å². The van der Waals surface area contributed by atoms with Crippen LogP contribution in [-0.2, 0) is 29.0 Å². The van der Waals surface area contributed by atoms with E-state index in [0.717, 1.165) is 13.2 Å². The first kappa shape index (κ1) is 29.8. The second-order valence-corrected chi connectivity index (χ2v) is 12.1. The van der Waals surface area contributed by atoms with E-state index in [-0.39, 0.29) is 29.9 Å². The molecule has 1 atom stereocenters. The predicted octanol–water partition coefficient (Wildman–Crippen LogP) is 3.81. The van der Waals surface area contributed by atoms with E-state index in [1.807, 2.05) is 0 Å². The number of allylic oxidation sites excluding steroid dienone is 1. The van der Waals surface area contributed by atoms with E-state index in [1.54, 1.807) is 11.6 Å². The van der Waals surface area contributed by atoms with Crippen LogP contribution < -0.4 is 10.0 Å². The van der Waals surface area contributed by atoms with Crippen LogP contribution in [0.4, 0.5) is 13.6 Å². The molecule has 2 aliphatic rings. The maximum absolute atomic E-state index is 14.5. The van der Waals surface area contributed by atoms with Crippen molar-refractivity contribution in [3.05, 3.63) is 62.2 Å². The van der Waals surface area contributed by atoms with E-state index < -0.39 is 56.8 Å². The lowest BCUT2D eigenvalue weighted by atomic mass is 9.82. The summed E-state index contributed by atoms with van der Waals surface area (Å²) in [7, 11) is -1.54. The molecule has 1 aliphatic heterocycles. The molecule has 1 aromatic carbocycles. The average molecular weight is 619 g/mol. The van der Waals surface area contributed by atoms with Gasteiger partial charge in [-0.1, -0.05) is 17.7 Å². The molecule has 2 heterocycles. The van der Waals surface area contributed by atoms with Crippen molar-refractivity contribution >= 4 is 50.9 Å². The Bertz CT molecular complexity index is 1440. The standard InChI is InChI=1S/C24H25ClF2N4O7S2/c1-36-23(32)16-19(12-3-5-13(6-4-12)40(34,35)29-11-38-24(33)37-2)30-21(22-28-9-10-39-22)31-20(16)14-7-8-15(26)18(27)17(14)25/h7-10,12-13,20,29H,3-6,11H2,1-2H3,(H,30,31)/t12-,13-,20?. The number of esters is 1. The van der Waals surface area contributed by atoms with Crippen molar-refractivity contribution < 1.29 is 41.0 Å². The second kappa shape index (κ2) is 12.6. The number of ether oxygens (including phenoxy) is 3. The number of halogens is 3. The van der Waals surface area contributed by atoms with Crippen molar-refractivity contribution in [2.45, 2.75) is 37.0 Å². The highest BCUT2D eigenvalue weighted by molar-refractivity contribution is 7.90. The van der Waals surface area contributed by atoms with Gasteiger partial charge in [-0.2, -0.15) is 4.72 Å². The van der Waals surface area contributed by atoms with Crippen LogP contribution in [0.25, 0.3) is 0 Å². The molecule has 1 fully saturated rings. The lowest BCUT2D eigenvalue weighted by molar-refractivity contribution is -0.136. The monoisotopic (exact) mass is 618 g/mol. The number of rotatable bonds is 8. The summed E-state index contributed by atoms with van der Waals surface area (Å²) in [5.41, 5.74) is 0.516. The van der Waals surface area contributed by atoms with Crippen LogP contribution >= 0.6 is 22.9 Å². The van der Waals surface area contributed by atoms with Crippen molar-refractivity contribution in [3.63, 3.8) is 0 Å². The number of nitrogens with one attached hydrogen (secondary N) is 2. The van der Waals surface area contributed by atoms with E-state index in [9.17, 15) is 26.8 Å². The summed E-state index contributed by atoms with van der Waals surface area (Å²) >= 11 is 7.46. The normalized spacial score (nSPS) is 21.3. The van der Waals surface area contributed by atoms with Gasteiger partial charge in [-0.15, -0.1) is 11.3 Å². The number of carbonyl (C=O) groups is 2. The quantitative estimate of drug-likeness (QED) is 0.256. The third-order valence-electron chi connectivity index (χ3n) is 6.61. The number of sulfonamides is 1. The maximum Gasteiger partial charge on any atom is 0.509 e. The fourth-order valence-corrected chi connectivity index (χ4v) is 6.85. The Morgan fingerprint density at radius 3 is 2.52 bits per heavy atom. The van der Waals surface area contributed by atoms with Gasteiger partial charge in [0.25, 0.3) is 0 Å². The van der Waals surface area contributed by atoms with Gasteiger partial charge in [-0.05, 0) is 37.7 Å². The largest absolute Gasteiger partial charge is 0.509 e. The summed E-state index contributed by atoms with van der Waals surface area (Å²) in [6.45, 7) is -0.571. The zero-order valence-electron chi connectivity index (χ0n) is 21.3. The van der Waals surface area contributed by atoms with Gasteiger partial charge in [0.2, 0.25) is 10.0 Å². The molecule has 0 bridgehead atoms. The fourth-order valence-electron chi connectivity index (χ4n) is 4.66. The van der Waals surface area contributed by atoms with Gasteiger partial charge < -0.3 is 19.5 Å². The lowest BCUT2D eigenvalue weighted by Crippen LogP contribution is -2.41. The zero-order chi connectivity index (χ0) is 29.0. The summed E-state index contributed by atoms with van der Waals surface area (Å²) < 4.78 is 70.1. The molecule has 216 valence electrons. The smallest absolute Gasteiger partial charge is 0.466 e. The number of carbonyl (C=O) groups excluding carboxylic acids is 2. The van der Waals surface area contributed by atoms with Gasteiger partial charge in [-0.25, -0.2) is 31.8 Å². The molecule has 1 saturated carbocycles. The number of aromatic nitrogens is 1. The minimum Gasteiger partial charge on any atom is -0.466 e. The number of amidine groups is 1. The summed E-state index contributed by atoms with van der Waals surface area (Å²) in [4.78, 5) is 33.1. The molecule has 2 aromatic rings. The fraction of sp³-hybridized carbons (Fsp3) is 0.417. The van der Waals surface area contributed by atoms with E-state index in [4.69, 9.17) is 16.3 Å². The number of nitrogens with zero attached hydrogens (tertiary/aromatic N) is 2. The molecule has 4 rings (SSSR count). The van der Waals surface area contributed by atoms with Crippen LogP contribution in [0.3, 0.4) is 0 Å². The number of hydrogen-bond acceptors (Lipinski definition) is 11. The Balaban J connectivity index is 1.66. The lowest BCUT2D eigenvalue weighted by Gasteiger charge is -2.35. The zero-order valence-corrected chi connectivity index (χ0v) is 23.7. The molecular formula is C24H25ClF2N4O7S2. The SMILES string of the molecule is COC(=O)OCNS(=O)(=O)[C@H]1CC[C@H](C2=C(C(=O)OC)C(c3ccc(F)c(F)c3Cl)N=C(c3nccs3)N2)CC1. The molecule has 16 heteroatoms.